The molecule has 1 fully saturated rings. The van der Waals surface area contributed by atoms with Crippen LogP contribution in [0.5, 0.6) is 0 Å². The summed E-state index contributed by atoms with van der Waals surface area (Å²) >= 11 is 9.01. The van der Waals surface area contributed by atoms with E-state index in [4.69, 9.17) is 11.6 Å². The molecule has 2 nitrogen and oxygen atoms in total. The summed E-state index contributed by atoms with van der Waals surface area (Å²) < 4.78 is 40.4. The number of alkyl halides is 3. The van der Waals surface area contributed by atoms with Gasteiger partial charge in [-0.05, 0) is 33.6 Å². The van der Waals surface area contributed by atoms with Gasteiger partial charge in [-0.2, -0.15) is 13.2 Å². The van der Waals surface area contributed by atoms with E-state index in [9.17, 15) is 13.2 Å². The highest BCUT2D eigenvalue weighted by Crippen LogP contribution is 2.39. The Hall–Kier alpha value is 0.280. The van der Waals surface area contributed by atoms with Crippen molar-refractivity contribution >= 4 is 52.3 Å². The van der Waals surface area contributed by atoms with Crippen molar-refractivity contribution in [1.29, 1.82) is 0 Å². The number of rotatable bonds is 2. The molecule has 0 saturated carbocycles. The minimum absolute atomic E-state index is 0. The Morgan fingerprint density at radius 2 is 1.76 bits per heavy atom. The second kappa shape index (κ2) is 8.79. The molecule has 1 atom stereocenters. The zero-order valence-corrected chi connectivity index (χ0v) is 14.8. The average molecular weight is 431 g/mol. The van der Waals surface area contributed by atoms with Crippen molar-refractivity contribution in [2.24, 2.45) is 0 Å². The van der Waals surface area contributed by atoms with Crippen molar-refractivity contribution in [1.82, 2.24) is 10.2 Å². The maximum atomic E-state index is 13.3. The predicted octanol–water partition coefficient (Wildman–Crippen LogP) is 4.45. The van der Waals surface area contributed by atoms with Crippen molar-refractivity contribution in [3.05, 3.63) is 33.3 Å². The van der Waals surface area contributed by atoms with Gasteiger partial charge in [0.15, 0.2) is 0 Å². The maximum absolute atomic E-state index is 13.3. The molecule has 0 bridgehead atoms. The number of nitrogens with zero attached hydrogens (tertiary/aromatic N) is 1. The van der Waals surface area contributed by atoms with Crippen molar-refractivity contribution in [2.45, 2.75) is 12.2 Å². The third-order valence-electron chi connectivity index (χ3n) is 3.09. The predicted molar refractivity (Wildman–Crippen MR) is 86.9 cm³/mol. The van der Waals surface area contributed by atoms with Crippen LogP contribution in [0.3, 0.4) is 0 Å². The molecule has 1 N–H and O–H groups in total. The van der Waals surface area contributed by atoms with Crippen LogP contribution >= 0.6 is 52.3 Å². The zero-order chi connectivity index (χ0) is 14.0. The van der Waals surface area contributed by atoms with Crippen LogP contribution in [-0.4, -0.2) is 37.3 Å². The lowest BCUT2D eigenvalue weighted by Gasteiger charge is -2.36. The van der Waals surface area contributed by atoms with Crippen molar-refractivity contribution in [3.8, 4) is 0 Å². The highest BCUT2D eigenvalue weighted by atomic mass is 79.9. The summed E-state index contributed by atoms with van der Waals surface area (Å²) in [5, 5.41) is 3.46. The smallest absolute Gasteiger partial charge is 0.314 e. The number of hydrogen-bond donors (Lipinski definition) is 1. The second-order valence-corrected chi connectivity index (χ2v) is 5.67. The molecular weight excluding hydrogens is 415 g/mol. The van der Waals surface area contributed by atoms with Gasteiger partial charge in [0.1, 0.15) is 6.04 Å². The quantitative estimate of drug-likeness (QED) is 0.746. The number of halogens is 7. The normalized spacial score (nSPS) is 17.6. The first kappa shape index (κ1) is 21.3. The van der Waals surface area contributed by atoms with Crippen LogP contribution in [0, 0.1) is 0 Å². The van der Waals surface area contributed by atoms with Gasteiger partial charge < -0.3 is 5.32 Å². The first-order valence-electron chi connectivity index (χ1n) is 5.86. The number of piperazine rings is 1. The molecule has 0 unspecified atom stereocenters. The molecule has 1 saturated heterocycles. The van der Waals surface area contributed by atoms with Crippen LogP contribution in [0.2, 0.25) is 5.02 Å². The summed E-state index contributed by atoms with van der Waals surface area (Å²) in [4.78, 5) is 1.45. The Kier molecular flexibility index (Phi) is 8.91. The van der Waals surface area contributed by atoms with Gasteiger partial charge in [0.25, 0.3) is 0 Å². The summed E-state index contributed by atoms with van der Waals surface area (Å²) in [5.41, 5.74) is 0.214. The van der Waals surface area contributed by atoms with Crippen molar-refractivity contribution < 1.29 is 13.2 Å². The van der Waals surface area contributed by atoms with Crippen molar-refractivity contribution in [2.75, 3.05) is 26.2 Å². The third-order valence-corrected chi connectivity index (χ3v) is 4.30. The zero-order valence-electron chi connectivity index (χ0n) is 10.8. The van der Waals surface area contributed by atoms with E-state index in [0.717, 1.165) is 0 Å². The summed E-state index contributed by atoms with van der Waals surface area (Å²) in [6.07, 6.45) is -4.30. The first-order chi connectivity index (χ1) is 8.89. The molecule has 0 aliphatic carbocycles. The molecule has 1 aromatic rings. The van der Waals surface area contributed by atoms with Gasteiger partial charge in [-0.25, -0.2) is 0 Å². The fourth-order valence-corrected chi connectivity index (χ4v) is 2.74. The minimum Gasteiger partial charge on any atom is -0.314 e. The fraction of sp³-hybridized carbons (Fsp3) is 0.500. The largest absolute Gasteiger partial charge is 0.408 e. The average Bonchev–Trinajstić information content (AvgIpc) is 2.34. The molecule has 0 radical (unpaired) electrons. The Morgan fingerprint density at radius 1 is 1.19 bits per heavy atom. The lowest BCUT2D eigenvalue weighted by molar-refractivity contribution is -0.187. The van der Waals surface area contributed by atoms with Gasteiger partial charge in [0.2, 0.25) is 0 Å². The molecule has 21 heavy (non-hydrogen) atoms. The monoisotopic (exact) mass is 428 g/mol. The second-order valence-electron chi connectivity index (χ2n) is 4.40. The highest BCUT2D eigenvalue weighted by Gasteiger charge is 2.44. The van der Waals surface area contributed by atoms with E-state index in [-0.39, 0.29) is 30.4 Å². The number of benzene rings is 1. The van der Waals surface area contributed by atoms with Gasteiger partial charge >= 0.3 is 6.18 Å². The molecule has 1 aliphatic rings. The molecule has 9 heteroatoms. The molecule has 0 spiro atoms. The summed E-state index contributed by atoms with van der Waals surface area (Å²) in [7, 11) is 0. The molecule has 0 amide bonds. The van der Waals surface area contributed by atoms with Crippen LogP contribution in [0.15, 0.2) is 22.7 Å². The van der Waals surface area contributed by atoms with E-state index in [0.29, 0.717) is 35.7 Å². The van der Waals surface area contributed by atoms with Gasteiger partial charge in [-0.3, -0.25) is 4.90 Å². The third kappa shape index (κ3) is 5.44. The van der Waals surface area contributed by atoms with E-state index < -0.39 is 12.2 Å². The molecule has 1 aliphatic heterocycles. The summed E-state index contributed by atoms with van der Waals surface area (Å²) in [6, 6.07) is 2.79. The number of nitrogens with one attached hydrogen (secondary N) is 1. The lowest BCUT2D eigenvalue weighted by atomic mass is 10.0. The van der Waals surface area contributed by atoms with Crippen LogP contribution in [0.1, 0.15) is 11.6 Å². The van der Waals surface area contributed by atoms with Gasteiger partial charge in [-0.15, -0.1) is 24.8 Å². The van der Waals surface area contributed by atoms with E-state index >= 15 is 0 Å². The highest BCUT2D eigenvalue weighted by molar-refractivity contribution is 9.10. The molecule has 0 aromatic heterocycles. The Balaban J connectivity index is 0.00000200. The molecule has 1 heterocycles. The van der Waals surface area contributed by atoms with Crippen molar-refractivity contribution in [3.63, 3.8) is 0 Å². The fourth-order valence-electron chi connectivity index (χ4n) is 2.23. The van der Waals surface area contributed by atoms with Gasteiger partial charge in [-0.1, -0.05) is 17.7 Å². The van der Waals surface area contributed by atoms with Crippen LogP contribution < -0.4 is 5.32 Å². The lowest BCUT2D eigenvalue weighted by Crippen LogP contribution is -2.49. The van der Waals surface area contributed by atoms with E-state index in [1.54, 1.807) is 0 Å². The van der Waals surface area contributed by atoms with E-state index in [1.165, 1.54) is 23.1 Å². The topological polar surface area (TPSA) is 15.3 Å². The van der Waals surface area contributed by atoms with E-state index in [2.05, 4.69) is 21.2 Å². The molecular formula is C12H15BrCl3F3N2. The maximum Gasteiger partial charge on any atom is 0.408 e. The van der Waals surface area contributed by atoms with Crippen LogP contribution in [0.25, 0.3) is 0 Å². The molecule has 1 aromatic carbocycles. The molecule has 2 rings (SSSR count). The Morgan fingerprint density at radius 3 is 2.24 bits per heavy atom. The Labute approximate surface area is 147 Å². The summed E-state index contributed by atoms with van der Waals surface area (Å²) in [6.45, 7) is 1.90. The standard InChI is InChI=1S/C12H13BrClF3N2.2ClH/c13-9-7-8(1-2-10(9)14)11(12(15,16)17)19-5-3-18-4-6-19;;/h1-2,7,11,18H,3-6H2;2*1H/t11-;;/m0../s1. The first-order valence-corrected chi connectivity index (χ1v) is 7.03. The van der Waals surface area contributed by atoms with Crippen LogP contribution in [-0.2, 0) is 0 Å². The Bertz CT molecular complexity index is 454. The van der Waals surface area contributed by atoms with Gasteiger partial charge in [0, 0.05) is 30.7 Å². The summed E-state index contributed by atoms with van der Waals surface area (Å²) in [5.74, 6) is 0. The SMILES string of the molecule is Cl.Cl.FC(F)(F)[C@H](c1ccc(Cl)c(Br)c1)N1CCNCC1. The van der Waals surface area contributed by atoms with E-state index in [1.807, 2.05) is 0 Å². The minimum atomic E-state index is -4.30. The van der Waals surface area contributed by atoms with Crippen LogP contribution in [0.4, 0.5) is 13.2 Å². The number of hydrogen-bond acceptors (Lipinski definition) is 2. The van der Waals surface area contributed by atoms with Gasteiger partial charge in [0.05, 0.1) is 5.02 Å². The molecule has 122 valence electrons.